The van der Waals surface area contributed by atoms with Crippen LogP contribution in [0.1, 0.15) is 15.9 Å². The molecule has 0 spiro atoms. The van der Waals surface area contributed by atoms with Crippen LogP contribution < -0.4 is 15.4 Å². The van der Waals surface area contributed by atoms with Crippen LogP contribution >= 0.6 is 0 Å². The zero-order chi connectivity index (χ0) is 19.8. The van der Waals surface area contributed by atoms with E-state index in [1.54, 1.807) is 49.7 Å². The van der Waals surface area contributed by atoms with Crippen molar-refractivity contribution >= 4 is 17.5 Å². The van der Waals surface area contributed by atoms with E-state index in [0.29, 0.717) is 23.4 Å². The van der Waals surface area contributed by atoms with E-state index in [2.05, 4.69) is 15.6 Å². The average Bonchev–Trinajstić information content (AvgIpc) is 2.75. The molecule has 6 heteroatoms. The van der Waals surface area contributed by atoms with Gasteiger partial charge in [0, 0.05) is 24.5 Å². The number of rotatable bonds is 7. The molecule has 0 fully saturated rings. The van der Waals surface area contributed by atoms with E-state index < -0.39 is 6.04 Å². The Balaban J connectivity index is 1.76. The van der Waals surface area contributed by atoms with Crippen LogP contribution in [0.5, 0.6) is 5.75 Å². The lowest BCUT2D eigenvalue weighted by Crippen LogP contribution is -2.45. The molecular formula is C22H21N3O3. The molecule has 3 aromatic rings. The quantitative estimate of drug-likeness (QED) is 0.665. The molecule has 0 aliphatic carbocycles. The summed E-state index contributed by atoms with van der Waals surface area (Å²) in [5, 5.41) is 5.65. The summed E-state index contributed by atoms with van der Waals surface area (Å²) in [6, 6.07) is 19.2. The first-order chi connectivity index (χ1) is 13.7. The minimum atomic E-state index is -0.739. The number of nitrogens with zero attached hydrogens (tertiary/aromatic N) is 1. The van der Waals surface area contributed by atoms with Gasteiger partial charge in [0.1, 0.15) is 11.8 Å². The van der Waals surface area contributed by atoms with Crippen LogP contribution in [0.3, 0.4) is 0 Å². The minimum absolute atomic E-state index is 0.300. The first-order valence-corrected chi connectivity index (χ1v) is 8.85. The fraction of sp³-hybridized carbons (Fsp3) is 0.136. The Kier molecular flexibility index (Phi) is 6.36. The van der Waals surface area contributed by atoms with Crippen molar-refractivity contribution < 1.29 is 14.3 Å². The predicted octanol–water partition coefficient (Wildman–Crippen LogP) is 3.07. The van der Waals surface area contributed by atoms with Crippen molar-refractivity contribution in [3.8, 4) is 5.75 Å². The van der Waals surface area contributed by atoms with Gasteiger partial charge in [-0.3, -0.25) is 14.6 Å². The lowest BCUT2D eigenvalue weighted by atomic mass is 10.0. The second-order valence-corrected chi connectivity index (χ2v) is 6.18. The van der Waals surface area contributed by atoms with E-state index in [1.807, 2.05) is 30.3 Å². The van der Waals surface area contributed by atoms with Crippen LogP contribution in [-0.4, -0.2) is 29.9 Å². The second kappa shape index (κ2) is 9.32. The number of pyridine rings is 1. The number of ether oxygens (including phenoxy) is 1. The van der Waals surface area contributed by atoms with Crippen molar-refractivity contribution in [2.24, 2.45) is 0 Å². The van der Waals surface area contributed by atoms with Crippen molar-refractivity contribution in [3.63, 3.8) is 0 Å². The summed E-state index contributed by atoms with van der Waals surface area (Å²) >= 11 is 0. The van der Waals surface area contributed by atoms with Gasteiger partial charge in [0.2, 0.25) is 5.91 Å². The SMILES string of the molecule is COc1ccc(NC(=O)C(Cc2ccccc2)NC(=O)c2cccnc2)cc1. The smallest absolute Gasteiger partial charge is 0.253 e. The Labute approximate surface area is 163 Å². The van der Waals surface area contributed by atoms with Gasteiger partial charge in [0.05, 0.1) is 12.7 Å². The van der Waals surface area contributed by atoms with Gasteiger partial charge in [-0.05, 0) is 42.0 Å². The number of methoxy groups -OCH3 is 1. The van der Waals surface area contributed by atoms with E-state index >= 15 is 0 Å². The Hall–Kier alpha value is -3.67. The zero-order valence-electron chi connectivity index (χ0n) is 15.5. The van der Waals surface area contributed by atoms with Crippen LogP contribution in [0.15, 0.2) is 79.1 Å². The summed E-state index contributed by atoms with van der Waals surface area (Å²) in [7, 11) is 1.58. The molecule has 0 saturated heterocycles. The van der Waals surface area contributed by atoms with Gasteiger partial charge in [-0.2, -0.15) is 0 Å². The van der Waals surface area contributed by atoms with E-state index in [9.17, 15) is 9.59 Å². The molecule has 1 aromatic heterocycles. The Morgan fingerprint density at radius 1 is 1.00 bits per heavy atom. The highest BCUT2D eigenvalue weighted by Crippen LogP contribution is 2.16. The van der Waals surface area contributed by atoms with Gasteiger partial charge in [-0.1, -0.05) is 30.3 Å². The lowest BCUT2D eigenvalue weighted by molar-refractivity contribution is -0.118. The molecule has 1 unspecified atom stereocenters. The van der Waals surface area contributed by atoms with E-state index in [-0.39, 0.29) is 11.8 Å². The van der Waals surface area contributed by atoms with Crippen LogP contribution in [0.2, 0.25) is 0 Å². The fourth-order valence-corrected chi connectivity index (χ4v) is 2.70. The summed E-state index contributed by atoms with van der Waals surface area (Å²) in [4.78, 5) is 29.4. The highest BCUT2D eigenvalue weighted by atomic mass is 16.5. The van der Waals surface area contributed by atoms with E-state index in [0.717, 1.165) is 5.56 Å². The number of amides is 2. The van der Waals surface area contributed by atoms with Crippen LogP contribution in [0.4, 0.5) is 5.69 Å². The van der Waals surface area contributed by atoms with Gasteiger partial charge in [0.15, 0.2) is 0 Å². The maximum absolute atomic E-state index is 12.9. The molecule has 1 atom stereocenters. The first kappa shape index (κ1) is 19.1. The third kappa shape index (κ3) is 5.17. The Morgan fingerprint density at radius 3 is 2.39 bits per heavy atom. The van der Waals surface area contributed by atoms with Crippen molar-refractivity contribution in [1.29, 1.82) is 0 Å². The molecule has 0 saturated carbocycles. The number of anilines is 1. The lowest BCUT2D eigenvalue weighted by Gasteiger charge is -2.19. The molecule has 6 nitrogen and oxygen atoms in total. The van der Waals surface area contributed by atoms with Gasteiger partial charge in [0.25, 0.3) is 5.91 Å². The number of aromatic nitrogens is 1. The minimum Gasteiger partial charge on any atom is -0.497 e. The summed E-state index contributed by atoms with van der Waals surface area (Å²) in [5.41, 5.74) is 1.97. The van der Waals surface area contributed by atoms with E-state index in [4.69, 9.17) is 4.74 Å². The monoisotopic (exact) mass is 375 g/mol. The van der Waals surface area contributed by atoms with Crippen molar-refractivity contribution in [2.75, 3.05) is 12.4 Å². The summed E-state index contributed by atoms with van der Waals surface area (Å²) in [6.07, 6.45) is 3.43. The second-order valence-electron chi connectivity index (χ2n) is 6.18. The topological polar surface area (TPSA) is 80.3 Å². The van der Waals surface area contributed by atoms with Crippen LogP contribution in [-0.2, 0) is 11.2 Å². The van der Waals surface area contributed by atoms with Crippen molar-refractivity contribution in [3.05, 3.63) is 90.3 Å². The number of hydrogen-bond acceptors (Lipinski definition) is 4. The number of nitrogens with one attached hydrogen (secondary N) is 2. The first-order valence-electron chi connectivity index (χ1n) is 8.85. The maximum Gasteiger partial charge on any atom is 0.253 e. The molecule has 3 rings (SSSR count). The normalized spacial score (nSPS) is 11.3. The summed E-state index contributed by atoms with van der Waals surface area (Å²) in [6.45, 7) is 0. The molecule has 0 radical (unpaired) electrons. The molecule has 28 heavy (non-hydrogen) atoms. The molecule has 1 heterocycles. The molecule has 0 aliphatic heterocycles. The number of benzene rings is 2. The molecule has 0 bridgehead atoms. The third-order valence-electron chi connectivity index (χ3n) is 4.19. The highest BCUT2D eigenvalue weighted by Gasteiger charge is 2.22. The Bertz CT molecular complexity index is 913. The highest BCUT2D eigenvalue weighted by molar-refractivity contribution is 6.01. The zero-order valence-corrected chi connectivity index (χ0v) is 15.5. The van der Waals surface area contributed by atoms with Crippen LogP contribution in [0, 0.1) is 0 Å². The molecule has 0 aliphatic rings. The van der Waals surface area contributed by atoms with Gasteiger partial charge in [-0.25, -0.2) is 0 Å². The number of carbonyl (C=O) groups is 2. The standard InChI is InChI=1S/C22H21N3O3/c1-28-19-11-9-18(10-12-19)24-22(27)20(14-16-6-3-2-4-7-16)25-21(26)17-8-5-13-23-15-17/h2-13,15,20H,14H2,1H3,(H,24,27)(H,25,26). The van der Waals surface area contributed by atoms with Gasteiger partial charge < -0.3 is 15.4 Å². The molecule has 2 N–H and O–H groups in total. The molecule has 2 aromatic carbocycles. The largest absolute Gasteiger partial charge is 0.497 e. The van der Waals surface area contributed by atoms with Gasteiger partial charge >= 0.3 is 0 Å². The number of carbonyl (C=O) groups excluding carboxylic acids is 2. The average molecular weight is 375 g/mol. The Morgan fingerprint density at radius 2 is 1.75 bits per heavy atom. The molecule has 142 valence electrons. The third-order valence-corrected chi connectivity index (χ3v) is 4.19. The summed E-state index contributed by atoms with van der Waals surface area (Å²) in [5.74, 6) is 0.0499. The van der Waals surface area contributed by atoms with Crippen molar-refractivity contribution in [2.45, 2.75) is 12.5 Å². The van der Waals surface area contributed by atoms with Crippen molar-refractivity contribution in [1.82, 2.24) is 10.3 Å². The molecular weight excluding hydrogens is 354 g/mol. The number of hydrogen-bond donors (Lipinski definition) is 2. The van der Waals surface area contributed by atoms with E-state index in [1.165, 1.54) is 6.20 Å². The predicted molar refractivity (Wildman–Crippen MR) is 107 cm³/mol. The molecule has 2 amide bonds. The van der Waals surface area contributed by atoms with Gasteiger partial charge in [-0.15, -0.1) is 0 Å². The van der Waals surface area contributed by atoms with Crippen LogP contribution in [0.25, 0.3) is 0 Å². The maximum atomic E-state index is 12.9. The fourth-order valence-electron chi connectivity index (χ4n) is 2.70. The summed E-state index contributed by atoms with van der Waals surface area (Å²) < 4.78 is 5.13.